The lowest BCUT2D eigenvalue weighted by Crippen LogP contribution is -2.51. The highest BCUT2D eigenvalue weighted by atomic mass is 16.5. The van der Waals surface area contributed by atoms with Gasteiger partial charge in [0.15, 0.2) is 0 Å². The normalized spacial score (nSPS) is 27.2. The van der Waals surface area contributed by atoms with E-state index in [0.717, 1.165) is 11.1 Å². The van der Waals surface area contributed by atoms with Crippen molar-refractivity contribution in [2.75, 3.05) is 13.7 Å². The van der Waals surface area contributed by atoms with Gasteiger partial charge in [0.25, 0.3) is 0 Å². The summed E-state index contributed by atoms with van der Waals surface area (Å²) in [5.41, 5.74) is 1.57. The molecule has 1 saturated heterocycles. The van der Waals surface area contributed by atoms with Crippen molar-refractivity contribution in [2.45, 2.75) is 26.2 Å². The summed E-state index contributed by atoms with van der Waals surface area (Å²) in [5, 5.41) is 2.42. The molecule has 0 aliphatic carbocycles. The van der Waals surface area contributed by atoms with E-state index < -0.39 is 5.41 Å². The number of carbonyl (C=O) groups is 2. The molecule has 1 aromatic carbocycles. The van der Waals surface area contributed by atoms with E-state index in [9.17, 15) is 9.59 Å². The summed E-state index contributed by atoms with van der Waals surface area (Å²) < 4.78 is 5.22. The van der Waals surface area contributed by atoms with Gasteiger partial charge < -0.3 is 4.74 Å². The number of hydrogen-bond donors (Lipinski definition) is 1. The van der Waals surface area contributed by atoms with Crippen LogP contribution in [0.15, 0.2) is 24.3 Å². The standard InChI is InChI=1S/C15H19NO3/c1-10-4-6-11(7-5-10)13-14(18)16-12(17)8-15(13,2)9-19-3/h4-7,13H,8-9H2,1-3H3,(H,16,17,18). The Labute approximate surface area is 113 Å². The van der Waals surface area contributed by atoms with E-state index in [2.05, 4.69) is 5.32 Å². The molecule has 2 atom stereocenters. The van der Waals surface area contributed by atoms with Gasteiger partial charge in [-0.25, -0.2) is 0 Å². The van der Waals surface area contributed by atoms with Gasteiger partial charge in [-0.05, 0) is 12.5 Å². The SMILES string of the molecule is COCC1(C)CC(=O)NC(=O)C1c1ccc(C)cc1. The summed E-state index contributed by atoms with van der Waals surface area (Å²) in [5.74, 6) is -0.821. The Balaban J connectivity index is 2.40. The van der Waals surface area contributed by atoms with Gasteiger partial charge >= 0.3 is 0 Å². The molecular formula is C15H19NO3. The average Bonchev–Trinajstić information content (AvgIpc) is 2.30. The number of amides is 2. The number of benzene rings is 1. The maximum absolute atomic E-state index is 12.2. The van der Waals surface area contributed by atoms with Crippen LogP contribution in [0.5, 0.6) is 0 Å². The largest absolute Gasteiger partial charge is 0.384 e. The number of hydrogen-bond acceptors (Lipinski definition) is 3. The lowest BCUT2D eigenvalue weighted by Gasteiger charge is -2.39. The second-order valence-corrected chi connectivity index (χ2v) is 5.52. The smallest absolute Gasteiger partial charge is 0.234 e. The quantitative estimate of drug-likeness (QED) is 0.844. The minimum absolute atomic E-state index is 0.229. The van der Waals surface area contributed by atoms with E-state index in [1.165, 1.54) is 0 Å². The van der Waals surface area contributed by atoms with E-state index in [4.69, 9.17) is 4.74 Å². The zero-order chi connectivity index (χ0) is 14.0. The van der Waals surface area contributed by atoms with Crippen molar-refractivity contribution in [1.82, 2.24) is 5.32 Å². The molecule has 1 N–H and O–H groups in total. The molecule has 0 bridgehead atoms. The van der Waals surface area contributed by atoms with Gasteiger partial charge in [0.1, 0.15) is 0 Å². The Morgan fingerprint density at radius 2 is 1.95 bits per heavy atom. The molecule has 2 amide bonds. The van der Waals surface area contributed by atoms with Gasteiger partial charge in [0, 0.05) is 18.9 Å². The summed E-state index contributed by atoms with van der Waals surface area (Å²) in [6, 6.07) is 7.85. The summed E-state index contributed by atoms with van der Waals surface area (Å²) >= 11 is 0. The third kappa shape index (κ3) is 2.68. The predicted octanol–water partition coefficient (Wildman–Crippen LogP) is 1.78. The molecule has 4 nitrogen and oxygen atoms in total. The van der Waals surface area contributed by atoms with Crippen LogP contribution < -0.4 is 5.32 Å². The molecule has 4 heteroatoms. The lowest BCUT2D eigenvalue weighted by atomic mass is 9.69. The van der Waals surface area contributed by atoms with Gasteiger partial charge in [-0.15, -0.1) is 0 Å². The van der Waals surface area contributed by atoms with Gasteiger partial charge in [-0.3, -0.25) is 14.9 Å². The number of aryl methyl sites for hydroxylation is 1. The van der Waals surface area contributed by atoms with E-state index in [0.29, 0.717) is 13.0 Å². The van der Waals surface area contributed by atoms with Crippen LogP contribution in [-0.2, 0) is 14.3 Å². The van der Waals surface area contributed by atoms with Crippen molar-refractivity contribution in [2.24, 2.45) is 5.41 Å². The van der Waals surface area contributed by atoms with Crippen LogP contribution in [0.25, 0.3) is 0 Å². The summed E-state index contributed by atoms with van der Waals surface area (Å²) in [6.45, 7) is 4.31. The summed E-state index contributed by atoms with van der Waals surface area (Å²) in [4.78, 5) is 23.8. The maximum Gasteiger partial charge on any atom is 0.234 e. The van der Waals surface area contributed by atoms with Crippen molar-refractivity contribution in [3.63, 3.8) is 0 Å². The van der Waals surface area contributed by atoms with Crippen molar-refractivity contribution in [3.05, 3.63) is 35.4 Å². The fraction of sp³-hybridized carbons (Fsp3) is 0.467. The van der Waals surface area contributed by atoms with E-state index in [-0.39, 0.29) is 17.7 Å². The molecule has 0 spiro atoms. The first-order valence-electron chi connectivity index (χ1n) is 6.35. The van der Waals surface area contributed by atoms with Gasteiger partial charge in [0.2, 0.25) is 11.8 Å². The number of rotatable bonds is 3. The first-order chi connectivity index (χ1) is 8.96. The topological polar surface area (TPSA) is 55.4 Å². The zero-order valence-electron chi connectivity index (χ0n) is 11.5. The fourth-order valence-electron chi connectivity index (χ4n) is 2.82. The lowest BCUT2D eigenvalue weighted by molar-refractivity contribution is -0.141. The molecule has 1 fully saturated rings. The van der Waals surface area contributed by atoms with Crippen molar-refractivity contribution < 1.29 is 14.3 Å². The molecule has 0 aromatic heterocycles. The number of piperidine rings is 1. The van der Waals surface area contributed by atoms with E-state index in [1.807, 2.05) is 38.1 Å². The molecule has 2 unspecified atom stereocenters. The molecule has 1 aliphatic rings. The van der Waals surface area contributed by atoms with Gasteiger partial charge in [0.05, 0.1) is 12.5 Å². The Morgan fingerprint density at radius 1 is 1.32 bits per heavy atom. The van der Waals surface area contributed by atoms with E-state index in [1.54, 1.807) is 7.11 Å². The number of carbonyl (C=O) groups excluding carboxylic acids is 2. The van der Waals surface area contributed by atoms with Crippen LogP contribution in [0.2, 0.25) is 0 Å². The Bertz CT molecular complexity index is 495. The van der Waals surface area contributed by atoms with Crippen LogP contribution in [-0.4, -0.2) is 25.5 Å². The van der Waals surface area contributed by atoms with Gasteiger partial charge in [-0.1, -0.05) is 36.8 Å². The minimum Gasteiger partial charge on any atom is -0.384 e. The number of imide groups is 1. The average molecular weight is 261 g/mol. The van der Waals surface area contributed by atoms with Crippen molar-refractivity contribution in [1.29, 1.82) is 0 Å². The third-order valence-corrected chi connectivity index (χ3v) is 3.67. The molecule has 1 aliphatic heterocycles. The second kappa shape index (κ2) is 5.13. The predicted molar refractivity (Wildman–Crippen MR) is 71.7 cm³/mol. The van der Waals surface area contributed by atoms with E-state index >= 15 is 0 Å². The Hall–Kier alpha value is -1.68. The molecule has 2 rings (SSSR count). The van der Waals surface area contributed by atoms with Crippen molar-refractivity contribution in [3.8, 4) is 0 Å². The fourth-order valence-corrected chi connectivity index (χ4v) is 2.82. The molecule has 19 heavy (non-hydrogen) atoms. The molecule has 0 saturated carbocycles. The first kappa shape index (κ1) is 13.7. The molecular weight excluding hydrogens is 242 g/mol. The second-order valence-electron chi connectivity index (χ2n) is 5.52. The Morgan fingerprint density at radius 3 is 2.53 bits per heavy atom. The third-order valence-electron chi connectivity index (χ3n) is 3.67. The van der Waals surface area contributed by atoms with Crippen LogP contribution in [0, 0.1) is 12.3 Å². The highest BCUT2D eigenvalue weighted by Gasteiger charge is 2.46. The molecule has 102 valence electrons. The number of methoxy groups -OCH3 is 1. The zero-order valence-corrected chi connectivity index (χ0v) is 11.5. The molecule has 0 radical (unpaired) electrons. The first-order valence-corrected chi connectivity index (χ1v) is 6.35. The number of nitrogens with one attached hydrogen (secondary N) is 1. The molecule has 1 heterocycles. The van der Waals surface area contributed by atoms with Crippen molar-refractivity contribution >= 4 is 11.8 Å². The van der Waals surface area contributed by atoms with Crippen LogP contribution in [0.4, 0.5) is 0 Å². The Kier molecular flexibility index (Phi) is 3.71. The highest BCUT2D eigenvalue weighted by molar-refractivity contribution is 6.02. The monoisotopic (exact) mass is 261 g/mol. The maximum atomic E-state index is 12.2. The van der Waals surface area contributed by atoms with Crippen LogP contribution in [0.3, 0.4) is 0 Å². The summed E-state index contributed by atoms with van der Waals surface area (Å²) in [7, 11) is 1.59. The van der Waals surface area contributed by atoms with Gasteiger partial charge in [-0.2, -0.15) is 0 Å². The summed E-state index contributed by atoms with van der Waals surface area (Å²) in [6.07, 6.45) is 0.297. The number of ether oxygens (including phenoxy) is 1. The van der Waals surface area contributed by atoms with Crippen LogP contribution in [0.1, 0.15) is 30.4 Å². The van der Waals surface area contributed by atoms with Crippen LogP contribution >= 0.6 is 0 Å². The molecule has 1 aromatic rings. The minimum atomic E-state index is -0.497. The highest BCUT2D eigenvalue weighted by Crippen LogP contribution is 2.41.